The Bertz CT molecular complexity index is 1340. The van der Waals surface area contributed by atoms with Crippen molar-refractivity contribution in [2.75, 3.05) is 0 Å². The molecule has 0 aliphatic carbocycles. The molecule has 4 heteroatoms. The third-order valence-corrected chi connectivity index (χ3v) is 4.97. The highest BCUT2D eigenvalue weighted by atomic mass is 16.1. The Balaban J connectivity index is 1.80. The van der Waals surface area contributed by atoms with Gasteiger partial charge in [0.25, 0.3) is 5.56 Å². The fourth-order valence-electron chi connectivity index (χ4n) is 3.69. The van der Waals surface area contributed by atoms with Gasteiger partial charge in [0.15, 0.2) is 0 Å². The molecule has 26 heavy (non-hydrogen) atoms. The number of aryl methyl sites for hydroxylation is 1. The molecule has 0 aliphatic heterocycles. The monoisotopic (exact) mass is 339 g/mol. The summed E-state index contributed by atoms with van der Waals surface area (Å²) in [6, 6.07) is 24.2. The zero-order valence-corrected chi connectivity index (χ0v) is 14.4. The van der Waals surface area contributed by atoms with Gasteiger partial charge in [-0.1, -0.05) is 54.6 Å². The summed E-state index contributed by atoms with van der Waals surface area (Å²) in [6.45, 7) is 2.63. The maximum absolute atomic E-state index is 12.6. The second-order valence-corrected chi connectivity index (χ2v) is 6.58. The Hall–Kier alpha value is -3.40. The van der Waals surface area contributed by atoms with E-state index in [4.69, 9.17) is 4.98 Å². The molecule has 2 aromatic heterocycles. The van der Waals surface area contributed by atoms with E-state index in [2.05, 4.69) is 47.0 Å². The highest BCUT2D eigenvalue weighted by Gasteiger charge is 2.13. The predicted molar refractivity (Wildman–Crippen MR) is 105 cm³/mol. The highest BCUT2D eigenvalue weighted by molar-refractivity contribution is 5.85. The van der Waals surface area contributed by atoms with Crippen molar-refractivity contribution in [1.82, 2.24) is 14.0 Å². The summed E-state index contributed by atoms with van der Waals surface area (Å²) in [7, 11) is 0. The number of aromatic nitrogens is 3. The largest absolute Gasteiger partial charge is 0.311 e. The Morgan fingerprint density at radius 1 is 0.923 bits per heavy atom. The van der Waals surface area contributed by atoms with Crippen molar-refractivity contribution in [2.45, 2.75) is 13.5 Å². The molecule has 0 aliphatic rings. The minimum absolute atomic E-state index is 0.0413. The molecule has 3 aromatic carbocycles. The molecule has 0 N–H and O–H groups in total. The number of benzene rings is 3. The van der Waals surface area contributed by atoms with Gasteiger partial charge in [0.2, 0.25) is 5.78 Å². The van der Waals surface area contributed by atoms with Gasteiger partial charge in [-0.05, 0) is 35.4 Å². The van der Waals surface area contributed by atoms with Gasteiger partial charge in [-0.2, -0.15) is 0 Å². The molecule has 0 saturated heterocycles. The summed E-state index contributed by atoms with van der Waals surface area (Å²) in [6.07, 6.45) is 0. The van der Waals surface area contributed by atoms with Gasteiger partial charge in [0.05, 0.1) is 17.6 Å². The summed E-state index contributed by atoms with van der Waals surface area (Å²) < 4.78 is 3.82. The number of imidazole rings is 1. The normalized spacial score (nSPS) is 11.6. The Labute approximate surface area is 150 Å². The van der Waals surface area contributed by atoms with Crippen molar-refractivity contribution in [3.8, 4) is 0 Å². The molecular weight excluding hydrogens is 322 g/mol. The molecule has 4 nitrogen and oxygen atoms in total. The lowest BCUT2D eigenvalue weighted by atomic mass is 10.0. The van der Waals surface area contributed by atoms with E-state index >= 15 is 0 Å². The molecule has 0 radical (unpaired) electrons. The lowest BCUT2D eigenvalue weighted by Gasteiger charge is -2.14. The van der Waals surface area contributed by atoms with E-state index in [0.717, 1.165) is 16.7 Å². The van der Waals surface area contributed by atoms with Gasteiger partial charge in [0.1, 0.15) is 0 Å². The van der Waals surface area contributed by atoms with Gasteiger partial charge >= 0.3 is 0 Å². The number of para-hydroxylation sites is 2. The first-order valence-corrected chi connectivity index (χ1v) is 8.67. The summed E-state index contributed by atoms with van der Waals surface area (Å²) in [5.74, 6) is 0.684. The maximum atomic E-state index is 12.6. The van der Waals surface area contributed by atoms with Crippen LogP contribution in [0.25, 0.3) is 27.6 Å². The van der Waals surface area contributed by atoms with E-state index in [1.807, 2.05) is 31.2 Å². The Morgan fingerprint density at radius 2 is 1.69 bits per heavy atom. The number of hydrogen-bond acceptors (Lipinski definition) is 2. The van der Waals surface area contributed by atoms with Crippen molar-refractivity contribution in [3.05, 3.63) is 94.4 Å². The molecule has 5 rings (SSSR count). The van der Waals surface area contributed by atoms with Crippen LogP contribution in [0.15, 0.2) is 77.6 Å². The lowest BCUT2D eigenvalue weighted by molar-refractivity contribution is 0.756. The second kappa shape index (κ2) is 5.56. The van der Waals surface area contributed by atoms with E-state index in [9.17, 15) is 4.79 Å². The SMILES string of the molecule is Cc1cc(=O)n2c3ccccc3nc2n1Cc1cccc2ccccc12. The molecule has 0 saturated carbocycles. The van der Waals surface area contributed by atoms with E-state index in [1.54, 1.807) is 10.5 Å². The quantitative estimate of drug-likeness (QED) is 0.484. The van der Waals surface area contributed by atoms with Crippen molar-refractivity contribution in [2.24, 2.45) is 0 Å². The third kappa shape index (κ3) is 2.15. The first-order chi connectivity index (χ1) is 12.7. The number of hydrogen-bond donors (Lipinski definition) is 0. The van der Waals surface area contributed by atoms with Gasteiger partial charge in [-0.25, -0.2) is 9.38 Å². The van der Waals surface area contributed by atoms with E-state index in [-0.39, 0.29) is 5.56 Å². The van der Waals surface area contributed by atoms with E-state index in [1.165, 1.54) is 16.3 Å². The van der Waals surface area contributed by atoms with E-state index in [0.29, 0.717) is 12.3 Å². The molecule has 0 unspecified atom stereocenters. The molecule has 2 heterocycles. The van der Waals surface area contributed by atoms with Crippen LogP contribution in [0.1, 0.15) is 11.3 Å². The molecule has 126 valence electrons. The van der Waals surface area contributed by atoms with Gasteiger partial charge in [-0.15, -0.1) is 0 Å². The van der Waals surface area contributed by atoms with Gasteiger partial charge < -0.3 is 4.57 Å². The minimum Gasteiger partial charge on any atom is -0.311 e. The third-order valence-electron chi connectivity index (χ3n) is 4.97. The Morgan fingerprint density at radius 3 is 2.62 bits per heavy atom. The maximum Gasteiger partial charge on any atom is 0.259 e. The number of fused-ring (bicyclic) bond motifs is 4. The van der Waals surface area contributed by atoms with Crippen LogP contribution in [-0.2, 0) is 6.54 Å². The standard InChI is InChI=1S/C22H17N3O/c1-15-13-21(26)25-20-12-5-4-11-19(20)23-22(25)24(15)14-17-9-6-8-16-7-2-3-10-18(16)17/h2-13H,14H2,1H3. The van der Waals surface area contributed by atoms with Crippen LogP contribution < -0.4 is 5.56 Å². The zero-order chi connectivity index (χ0) is 17.7. The van der Waals surface area contributed by atoms with Crippen LogP contribution in [0.5, 0.6) is 0 Å². The van der Waals surface area contributed by atoms with Crippen LogP contribution in [0.3, 0.4) is 0 Å². The molecule has 0 atom stereocenters. The zero-order valence-electron chi connectivity index (χ0n) is 14.4. The minimum atomic E-state index is -0.0413. The topological polar surface area (TPSA) is 39.3 Å². The summed E-state index contributed by atoms with van der Waals surface area (Å²) in [5, 5.41) is 2.44. The van der Waals surface area contributed by atoms with E-state index < -0.39 is 0 Å². The number of rotatable bonds is 2. The van der Waals surface area contributed by atoms with Crippen LogP contribution >= 0.6 is 0 Å². The average molecular weight is 339 g/mol. The summed E-state index contributed by atoms with van der Waals surface area (Å²) in [4.78, 5) is 17.3. The van der Waals surface area contributed by atoms with Crippen LogP contribution in [0.4, 0.5) is 0 Å². The van der Waals surface area contributed by atoms with Gasteiger partial charge in [0, 0.05) is 11.8 Å². The molecule has 0 spiro atoms. The summed E-state index contributed by atoms with van der Waals surface area (Å²) in [5.41, 5.74) is 3.76. The van der Waals surface area contributed by atoms with Gasteiger partial charge in [-0.3, -0.25) is 4.79 Å². The average Bonchev–Trinajstić information content (AvgIpc) is 3.05. The first kappa shape index (κ1) is 14.9. The van der Waals surface area contributed by atoms with Crippen LogP contribution in [0, 0.1) is 6.92 Å². The smallest absolute Gasteiger partial charge is 0.259 e. The first-order valence-electron chi connectivity index (χ1n) is 8.67. The molecule has 5 aromatic rings. The van der Waals surface area contributed by atoms with Crippen molar-refractivity contribution >= 4 is 27.6 Å². The molecular formula is C22H17N3O. The number of nitrogens with zero attached hydrogens (tertiary/aromatic N) is 3. The molecule has 0 amide bonds. The summed E-state index contributed by atoms with van der Waals surface area (Å²) >= 11 is 0. The lowest BCUT2D eigenvalue weighted by Crippen LogP contribution is -2.19. The second-order valence-electron chi connectivity index (χ2n) is 6.58. The fourth-order valence-corrected chi connectivity index (χ4v) is 3.69. The highest BCUT2D eigenvalue weighted by Crippen LogP contribution is 2.22. The van der Waals surface area contributed by atoms with Crippen LogP contribution in [-0.4, -0.2) is 14.0 Å². The fraction of sp³-hybridized carbons (Fsp3) is 0.0909. The van der Waals surface area contributed by atoms with Crippen molar-refractivity contribution in [1.29, 1.82) is 0 Å². The predicted octanol–water partition coefficient (Wildman–Crippen LogP) is 4.16. The van der Waals surface area contributed by atoms with Crippen molar-refractivity contribution < 1.29 is 0 Å². The molecule has 0 bridgehead atoms. The van der Waals surface area contributed by atoms with Crippen LogP contribution in [0.2, 0.25) is 0 Å². The van der Waals surface area contributed by atoms with Crippen molar-refractivity contribution in [3.63, 3.8) is 0 Å². The Kier molecular flexibility index (Phi) is 3.19. The molecule has 0 fully saturated rings.